The van der Waals surface area contributed by atoms with Crippen molar-refractivity contribution < 1.29 is 19.1 Å². The van der Waals surface area contributed by atoms with Gasteiger partial charge in [0.15, 0.2) is 0 Å². The fourth-order valence-corrected chi connectivity index (χ4v) is 3.28. The molecule has 0 radical (unpaired) electrons. The Morgan fingerprint density at radius 3 is 2.52 bits per heavy atom. The zero-order valence-corrected chi connectivity index (χ0v) is 15.4. The molecule has 6 heteroatoms. The Kier molecular flexibility index (Phi) is 5.54. The van der Waals surface area contributed by atoms with Crippen molar-refractivity contribution in [3.05, 3.63) is 59.7 Å². The first kappa shape index (κ1) is 18.6. The highest BCUT2D eigenvalue weighted by molar-refractivity contribution is 6.10. The summed E-state index contributed by atoms with van der Waals surface area (Å²) >= 11 is 0. The molecule has 0 aromatic heterocycles. The van der Waals surface area contributed by atoms with Crippen molar-refractivity contribution in [1.82, 2.24) is 0 Å². The van der Waals surface area contributed by atoms with Crippen LogP contribution in [0, 0.1) is 0 Å². The first-order valence-electron chi connectivity index (χ1n) is 8.96. The number of anilines is 2. The van der Waals surface area contributed by atoms with Crippen LogP contribution in [0.15, 0.2) is 48.5 Å². The number of benzene rings is 2. The molecule has 0 aliphatic carbocycles. The zero-order valence-electron chi connectivity index (χ0n) is 15.4. The van der Waals surface area contributed by atoms with E-state index in [0.717, 1.165) is 17.7 Å². The number of nitrogens with zero attached hydrogens (tertiary/aromatic N) is 1. The van der Waals surface area contributed by atoms with E-state index in [-0.39, 0.29) is 24.3 Å². The number of ether oxygens (including phenoxy) is 1. The molecule has 0 saturated heterocycles. The average Bonchev–Trinajstić information content (AvgIpc) is 2.98. The van der Waals surface area contributed by atoms with Gasteiger partial charge in [-0.05, 0) is 56.2 Å². The van der Waals surface area contributed by atoms with Crippen LogP contribution in [0.3, 0.4) is 0 Å². The molecule has 2 aromatic carbocycles. The lowest BCUT2D eigenvalue weighted by atomic mass is 10.1. The topological polar surface area (TPSA) is 75.7 Å². The van der Waals surface area contributed by atoms with Crippen molar-refractivity contribution >= 4 is 29.2 Å². The van der Waals surface area contributed by atoms with E-state index in [4.69, 9.17) is 4.74 Å². The van der Waals surface area contributed by atoms with Crippen molar-refractivity contribution in [2.24, 2.45) is 0 Å². The van der Waals surface area contributed by atoms with Gasteiger partial charge in [0.25, 0.3) is 0 Å². The lowest BCUT2D eigenvalue weighted by Crippen LogP contribution is -2.37. The van der Waals surface area contributed by atoms with Gasteiger partial charge < -0.3 is 15.0 Å². The van der Waals surface area contributed by atoms with E-state index in [0.29, 0.717) is 17.9 Å². The molecule has 1 aliphatic rings. The number of carbonyl (C=O) groups excluding carboxylic acids is 3. The number of amides is 2. The molecule has 1 N–H and O–H groups in total. The molecule has 1 unspecified atom stereocenters. The zero-order chi connectivity index (χ0) is 19.4. The Hall–Kier alpha value is -3.15. The van der Waals surface area contributed by atoms with Crippen LogP contribution in [0.5, 0.6) is 0 Å². The summed E-state index contributed by atoms with van der Waals surface area (Å²) in [4.78, 5) is 38.2. The lowest BCUT2D eigenvalue weighted by molar-refractivity contribution is -0.125. The molecular weight excluding hydrogens is 344 g/mol. The maximum absolute atomic E-state index is 12.6. The summed E-state index contributed by atoms with van der Waals surface area (Å²) in [5, 5.41) is 2.69. The molecule has 27 heavy (non-hydrogen) atoms. The molecule has 0 bridgehead atoms. The third-order valence-corrected chi connectivity index (χ3v) is 4.47. The number of esters is 1. The standard InChI is InChI=1S/C21H22N2O4/c1-3-27-21(26)15-8-10-17(11-9-15)22-19(24)13-20(25)23-14(2)12-16-6-4-5-7-18(16)23/h4-11,14H,3,12-13H2,1-2H3,(H,22,24). The molecule has 6 nitrogen and oxygen atoms in total. The molecule has 1 atom stereocenters. The Morgan fingerprint density at radius 1 is 1.11 bits per heavy atom. The molecule has 0 saturated carbocycles. The average molecular weight is 366 g/mol. The third-order valence-electron chi connectivity index (χ3n) is 4.47. The van der Waals surface area contributed by atoms with Crippen LogP contribution >= 0.6 is 0 Å². The van der Waals surface area contributed by atoms with Crippen LogP contribution < -0.4 is 10.2 Å². The SMILES string of the molecule is CCOC(=O)c1ccc(NC(=O)CC(=O)N2c3ccccc3CC2C)cc1. The van der Waals surface area contributed by atoms with E-state index >= 15 is 0 Å². The Labute approximate surface area is 158 Å². The predicted molar refractivity (Wildman–Crippen MR) is 103 cm³/mol. The van der Waals surface area contributed by atoms with Crippen molar-refractivity contribution in [2.45, 2.75) is 32.7 Å². The molecule has 1 aliphatic heterocycles. The van der Waals surface area contributed by atoms with Gasteiger partial charge in [-0.15, -0.1) is 0 Å². The summed E-state index contributed by atoms with van der Waals surface area (Å²) in [6, 6.07) is 14.2. The fourth-order valence-electron chi connectivity index (χ4n) is 3.28. The monoisotopic (exact) mass is 366 g/mol. The van der Waals surface area contributed by atoms with Gasteiger partial charge in [0.2, 0.25) is 11.8 Å². The van der Waals surface area contributed by atoms with E-state index in [1.165, 1.54) is 0 Å². The second-order valence-corrected chi connectivity index (χ2v) is 6.47. The molecule has 3 rings (SSSR count). The van der Waals surface area contributed by atoms with E-state index in [2.05, 4.69) is 5.32 Å². The second-order valence-electron chi connectivity index (χ2n) is 6.47. The lowest BCUT2D eigenvalue weighted by Gasteiger charge is -2.22. The highest BCUT2D eigenvalue weighted by atomic mass is 16.5. The van der Waals surface area contributed by atoms with E-state index in [1.54, 1.807) is 36.1 Å². The molecular formula is C21H22N2O4. The minimum Gasteiger partial charge on any atom is -0.462 e. The molecule has 2 aromatic rings. The van der Waals surface area contributed by atoms with Crippen LogP contribution in [-0.2, 0) is 20.7 Å². The van der Waals surface area contributed by atoms with E-state index in [9.17, 15) is 14.4 Å². The molecule has 0 fully saturated rings. The molecule has 0 spiro atoms. The summed E-state index contributed by atoms with van der Waals surface area (Å²) in [5.74, 6) is -1.03. The largest absolute Gasteiger partial charge is 0.462 e. The predicted octanol–water partition coefficient (Wildman–Crippen LogP) is 3.17. The van der Waals surface area contributed by atoms with Gasteiger partial charge in [-0.2, -0.15) is 0 Å². The highest BCUT2D eigenvalue weighted by Gasteiger charge is 2.31. The number of carbonyl (C=O) groups is 3. The van der Waals surface area contributed by atoms with Gasteiger partial charge in [-0.3, -0.25) is 9.59 Å². The number of hydrogen-bond acceptors (Lipinski definition) is 4. The molecule has 1 heterocycles. The first-order chi connectivity index (χ1) is 13.0. The summed E-state index contributed by atoms with van der Waals surface area (Å²) in [6.45, 7) is 4.02. The summed E-state index contributed by atoms with van der Waals surface area (Å²) in [6.07, 6.45) is 0.553. The van der Waals surface area contributed by atoms with Crippen molar-refractivity contribution in [3.8, 4) is 0 Å². The van der Waals surface area contributed by atoms with Gasteiger partial charge in [-0.1, -0.05) is 18.2 Å². The van der Waals surface area contributed by atoms with E-state index < -0.39 is 5.97 Å². The Bertz CT molecular complexity index is 861. The summed E-state index contributed by atoms with van der Waals surface area (Å²) in [5.41, 5.74) is 2.93. The number of rotatable bonds is 5. The molecule has 140 valence electrons. The smallest absolute Gasteiger partial charge is 0.338 e. The highest BCUT2D eigenvalue weighted by Crippen LogP contribution is 2.32. The Balaban J connectivity index is 1.61. The van der Waals surface area contributed by atoms with Gasteiger partial charge >= 0.3 is 5.97 Å². The van der Waals surface area contributed by atoms with Gasteiger partial charge in [0.05, 0.1) is 12.2 Å². The summed E-state index contributed by atoms with van der Waals surface area (Å²) in [7, 11) is 0. The van der Waals surface area contributed by atoms with Crippen molar-refractivity contribution in [3.63, 3.8) is 0 Å². The van der Waals surface area contributed by atoms with Crippen molar-refractivity contribution in [1.29, 1.82) is 0 Å². The van der Waals surface area contributed by atoms with Gasteiger partial charge in [-0.25, -0.2) is 4.79 Å². The third kappa shape index (κ3) is 4.16. The fraction of sp³-hybridized carbons (Fsp3) is 0.286. The normalized spacial score (nSPS) is 15.2. The van der Waals surface area contributed by atoms with Crippen LogP contribution in [0.4, 0.5) is 11.4 Å². The first-order valence-corrected chi connectivity index (χ1v) is 8.96. The van der Waals surface area contributed by atoms with Crippen LogP contribution in [0.25, 0.3) is 0 Å². The number of nitrogens with one attached hydrogen (secondary N) is 1. The minimum atomic E-state index is -0.410. The van der Waals surface area contributed by atoms with E-state index in [1.807, 2.05) is 31.2 Å². The number of hydrogen-bond donors (Lipinski definition) is 1. The van der Waals surface area contributed by atoms with Crippen LogP contribution in [-0.4, -0.2) is 30.4 Å². The van der Waals surface area contributed by atoms with Crippen molar-refractivity contribution in [2.75, 3.05) is 16.8 Å². The quantitative estimate of drug-likeness (QED) is 0.651. The summed E-state index contributed by atoms with van der Waals surface area (Å²) < 4.78 is 4.92. The maximum Gasteiger partial charge on any atom is 0.338 e. The minimum absolute atomic E-state index is 0.0339. The molecule has 2 amide bonds. The Morgan fingerprint density at radius 2 is 1.81 bits per heavy atom. The van der Waals surface area contributed by atoms with Gasteiger partial charge in [0.1, 0.15) is 6.42 Å². The van der Waals surface area contributed by atoms with Gasteiger partial charge in [0, 0.05) is 17.4 Å². The number of para-hydroxylation sites is 1. The second kappa shape index (κ2) is 8.03. The maximum atomic E-state index is 12.6. The number of fused-ring (bicyclic) bond motifs is 1. The van der Waals surface area contributed by atoms with Crippen LogP contribution in [0.2, 0.25) is 0 Å². The van der Waals surface area contributed by atoms with Crippen LogP contribution in [0.1, 0.15) is 36.2 Å².